The lowest BCUT2D eigenvalue weighted by Crippen LogP contribution is -2.51. The van der Waals surface area contributed by atoms with Crippen LogP contribution in [0.2, 0.25) is 5.02 Å². The van der Waals surface area contributed by atoms with Crippen LogP contribution in [0.4, 0.5) is 5.69 Å². The number of hydrogen-bond donors (Lipinski definition) is 1. The molecule has 1 unspecified atom stereocenters. The first-order valence-electron chi connectivity index (χ1n) is 9.28. The van der Waals surface area contributed by atoms with Gasteiger partial charge in [-0.15, -0.1) is 0 Å². The lowest BCUT2D eigenvalue weighted by Gasteiger charge is -2.36. The van der Waals surface area contributed by atoms with Crippen LogP contribution < -0.4 is 10.2 Å². The quantitative estimate of drug-likeness (QED) is 0.821. The lowest BCUT2D eigenvalue weighted by molar-refractivity contribution is -0.133. The first-order chi connectivity index (χ1) is 12.6. The van der Waals surface area contributed by atoms with Crippen molar-refractivity contribution >= 4 is 29.1 Å². The summed E-state index contributed by atoms with van der Waals surface area (Å²) >= 11 is 5.92. The minimum atomic E-state index is -0.0753. The third-order valence-electron chi connectivity index (χ3n) is 4.98. The number of nitrogens with one attached hydrogen (secondary N) is 1. The zero-order valence-corrected chi connectivity index (χ0v) is 15.7. The van der Waals surface area contributed by atoms with Crippen molar-refractivity contribution in [1.29, 1.82) is 0 Å². The molecule has 7 heteroatoms. The number of nitrogens with zero attached hydrogens (tertiary/aromatic N) is 2. The van der Waals surface area contributed by atoms with E-state index < -0.39 is 0 Å². The Morgan fingerprint density at radius 1 is 1.15 bits per heavy atom. The maximum absolute atomic E-state index is 12.3. The summed E-state index contributed by atoms with van der Waals surface area (Å²) in [6.45, 7) is 3.75. The van der Waals surface area contributed by atoms with Gasteiger partial charge in [0.2, 0.25) is 11.8 Å². The molecule has 3 rings (SSSR count). The fourth-order valence-corrected chi connectivity index (χ4v) is 3.53. The average Bonchev–Trinajstić information content (AvgIpc) is 3.19. The van der Waals surface area contributed by atoms with Gasteiger partial charge in [-0.05, 0) is 43.5 Å². The highest BCUT2D eigenvalue weighted by Crippen LogP contribution is 2.19. The predicted octanol–water partition coefficient (Wildman–Crippen LogP) is 2.06. The van der Waals surface area contributed by atoms with Crippen LogP contribution in [0.15, 0.2) is 24.3 Å². The Balaban J connectivity index is 1.35. The minimum absolute atomic E-state index is 0.0220. The molecule has 0 aromatic heterocycles. The van der Waals surface area contributed by atoms with Gasteiger partial charge in [0, 0.05) is 49.9 Å². The Morgan fingerprint density at radius 2 is 1.88 bits per heavy atom. The number of benzene rings is 1. The van der Waals surface area contributed by atoms with Gasteiger partial charge in [0.25, 0.3) is 0 Å². The largest absolute Gasteiger partial charge is 0.378 e. The maximum Gasteiger partial charge on any atom is 0.242 e. The van der Waals surface area contributed by atoms with E-state index in [0.717, 1.165) is 49.7 Å². The molecule has 2 saturated heterocycles. The van der Waals surface area contributed by atoms with Gasteiger partial charge in [-0.1, -0.05) is 11.6 Å². The van der Waals surface area contributed by atoms with Gasteiger partial charge in [0.05, 0.1) is 12.6 Å². The number of hydrogen-bond acceptors (Lipinski definition) is 4. The number of carbonyl (C=O) groups is 2. The molecule has 142 valence electrons. The SMILES string of the molecule is O=C(CCC1CCCO1)NCC(=O)N1CCN(c2ccc(Cl)cc2)CC1. The molecule has 1 N–H and O–H groups in total. The highest BCUT2D eigenvalue weighted by molar-refractivity contribution is 6.30. The minimum Gasteiger partial charge on any atom is -0.378 e. The van der Waals surface area contributed by atoms with E-state index >= 15 is 0 Å². The summed E-state index contributed by atoms with van der Waals surface area (Å²) in [6.07, 6.45) is 3.47. The molecule has 0 spiro atoms. The Morgan fingerprint density at radius 3 is 2.54 bits per heavy atom. The number of ether oxygens (including phenoxy) is 1. The number of carbonyl (C=O) groups excluding carboxylic acids is 2. The standard InChI is InChI=1S/C19H26ClN3O3/c20-15-3-5-16(6-4-15)22-9-11-23(12-10-22)19(25)14-21-18(24)8-7-17-2-1-13-26-17/h3-6,17H,1-2,7-14H2,(H,21,24). The number of amides is 2. The normalized spacial score (nSPS) is 20.3. The molecule has 0 bridgehead atoms. The van der Waals surface area contributed by atoms with Gasteiger partial charge < -0.3 is 19.9 Å². The fraction of sp³-hybridized carbons (Fsp3) is 0.579. The molecule has 6 nitrogen and oxygen atoms in total. The molecule has 2 aliphatic rings. The summed E-state index contributed by atoms with van der Waals surface area (Å²) in [5, 5.41) is 3.46. The fourth-order valence-electron chi connectivity index (χ4n) is 3.40. The molecule has 2 fully saturated rings. The van der Waals surface area contributed by atoms with Crippen LogP contribution in [0, 0.1) is 0 Å². The maximum atomic E-state index is 12.3. The molecule has 26 heavy (non-hydrogen) atoms. The summed E-state index contributed by atoms with van der Waals surface area (Å²) in [5.41, 5.74) is 1.11. The molecule has 2 aliphatic heterocycles. The highest BCUT2D eigenvalue weighted by Gasteiger charge is 2.22. The Bertz CT molecular complexity index is 609. The molecule has 1 aromatic carbocycles. The number of piperazine rings is 1. The summed E-state index contributed by atoms with van der Waals surface area (Å²) in [6, 6.07) is 7.74. The third-order valence-corrected chi connectivity index (χ3v) is 5.23. The molecular weight excluding hydrogens is 354 g/mol. The number of halogens is 1. The average molecular weight is 380 g/mol. The van der Waals surface area contributed by atoms with E-state index in [2.05, 4.69) is 10.2 Å². The second-order valence-electron chi connectivity index (χ2n) is 6.79. The molecule has 1 atom stereocenters. The molecule has 1 aromatic rings. The van der Waals surface area contributed by atoms with E-state index in [-0.39, 0.29) is 24.5 Å². The van der Waals surface area contributed by atoms with Crippen molar-refractivity contribution in [3.8, 4) is 0 Å². The number of rotatable bonds is 6. The van der Waals surface area contributed by atoms with Crippen molar-refractivity contribution in [2.24, 2.45) is 0 Å². The van der Waals surface area contributed by atoms with E-state index in [9.17, 15) is 9.59 Å². The smallest absolute Gasteiger partial charge is 0.242 e. The summed E-state index contributed by atoms with van der Waals surface area (Å²) in [7, 11) is 0. The molecular formula is C19H26ClN3O3. The van der Waals surface area contributed by atoms with E-state index in [1.165, 1.54) is 0 Å². The number of anilines is 1. The van der Waals surface area contributed by atoms with Gasteiger partial charge in [-0.25, -0.2) is 0 Å². The van der Waals surface area contributed by atoms with Crippen LogP contribution in [-0.2, 0) is 14.3 Å². The molecule has 0 radical (unpaired) electrons. The zero-order chi connectivity index (χ0) is 18.4. The van der Waals surface area contributed by atoms with Gasteiger partial charge in [-0.3, -0.25) is 9.59 Å². The Labute approximate surface area is 159 Å². The zero-order valence-electron chi connectivity index (χ0n) is 15.0. The van der Waals surface area contributed by atoms with Crippen molar-refractivity contribution in [2.45, 2.75) is 31.8 Å². The van der Waals surface area contributed by atoms with Crippen LogP contribution in [0.5, 0.6) is 0 Å². The topological polar surface area (TPSA) is 61.9 Å². The van der Waals surface area contributed by atoms with Crippen molar-refractivity contribution < 1.29 is 14.3 Å². The Hall–Kier alpha value is -1.79. The molecule has 2 amide bonds. The van der Waals surface area contributed by atoms with Crippen LogP contribution in [0.1, 0.15) is 25.7 Å². The molecule has 0 aliphatic carbocycles. The summed E-state index contributed by atoms with van der Waals surface area (Å²) < 4.78 is 5.51. The van der Waals surface area contributed by atoms with Crippen LogP contribution in [0.3, 0.4) is 0 Å². The second-order valence-corrected chi connectivity index (χ2v) is 7.23. The van der Waals surface area contributed by atoms with Crippen LogP contribution >= 0.6 is 11.6 Å². The van der Waals surface area contributed by atoms with Crippen LogP contribution in [-0.4, -0.2) is 62.1 Å². The first-order valence-corrected chi connectivity index (χ1v) is 9.66. The van der Waals surface area contributed by atoms with Crippen molar-refractivity contribution in [2.75, 3.05) is 44.2 Å². The van der Waals surface area contributed by atoms with E-state index in [1.807, 2.05) is 29.2 Å². The second kappa shape index (κ2) is 9.24. The van der Waals surface area contributed by atoms with E-state index in [0.29, 0.717) is 19.5 Å². The monoisotopic (exact) mass is 379 g/mol. The van der Waals surface area contributed by atoms with Crippen molar-refractivity contribution in [3.63, 3.8) is 0 Å². The van der Waals surface area contributed by atoms with Gasteiger partial charge in [-0.2, -0.15) is 0 Å². The van der Waals surface area contributed by atoms with E-state index in [1.54, 1.807) is 0 Å². The Kier molecular flexibility index (Phi) is 6.74. The van der Waals surface area contributed by atoms with Gasteiger partial charge in [0.1, 0.15) is 0 Å². The molecule has 0 saturated carbocycles. The third kappa shape index (κ3) is 5.35. The van der Waals surface area contributed by atoms with Crippen molar-refractivity contribution in [1.82, 2.24) is 10.2 Å². The van der Waals surface area contributed by atoms with E-state index in [4.69, 9.17) is 16.3 Å². The van der Waals surface area contributed by atoms with Crippen LogP contribution in [0.25, 0.3) is 0 Å². The summed E-state index contributed by atoms with van der Waals surface area (Å²) in [5.74, 6) is -0.0973. The van der Waals surface area contributed by atoms with Crippen molar-refractivity contribution in [3.05, 3.63) is 29.3 Å². The predicted molar refractivity (Wildman–Crippen MR) is 101 cm³/mol. The first kappa shape index (κ1) is 19.0. The molecule has 2 heterocycles. The van der Waals surface area contributed by atoms with Gasteiger partial charge in [0.15, 0.2) is 0 Å². The highest BCUT2D eigenvalue weighted by atomic mass is 35.5. The van der Waals surface area contributed by atoms with Gasteiger partial charge >= 0.3 is 0 Å². The lowest BCUT2D eigenvalue weighted by atomic mass is 10.1. The summed E-state index contributed by atoms with van der Waals surface area (Å²) in [4.78, 5) is 28.2.